The highest BCUT2D eigenvalue weighted by atomic mass is 16.3. The Hall–Kier alpha value is -2.38. The van der Waals surface area contributed by atoms with E-state index >= 15 is 0 Å². The van der Waals surface area contributed by atoms with Gasteiger partial charge in [0.05, 0.1) is 6.61 Å². The molecule has 0 heterocycles. The lowest BCUT2D eigenvalue weighted by Crippen LogP contribution is -2.44. The molecule has 1 atom stereocenters. The van der Waals surface area contributed by atoms with Crippen molar-refractivity contribution in [2.24, 2.45) is 5.73 Å². The van der Waals surface area contributed by atoms with E-state index in [0.717, 1.165) is 6.08 Å². The average Bonchev–Trinajstić information content (AvgIpc) is 2.39. The third kappa shape index (κ3) is 4.41. The molecule has 0 aliphatic heterocycles. The van der Waals surface area contributed by atoms with Crippen molar-refractivity contribution in [2.45, 2.75) is 6.04 Å². The van der Waals surface area contributed by atoms with Crippen molar-refractivity contribution in [2.75, 3.05) is 6.61 Å². The summed E-state index contributed by atoms with van der Waals surface area (Å²) in [5, 5.41) is 28.9. The van der Waals surface area contributed by atoms with Gasteiger partial charge in [0.2, 0.25) is 5.91 Å². The molecule has 6 N–H and O–H groups in total. The highest BCUT2D eigenvalue weighted by molar-refractivity contribution is 6.04. The minimum Gasteiger partial charge on any atom is -0.504 e. The summed E-state index contributed by atoms with van der Waals surface area (Å²) in [7, 11) is 0. The van der Waals surface area contributed by atoms with Crippen LogP contribution in [0.5, 0.6) is 11.5 Å². The zero-order valence-corrected chi connectivity index (χ0v) is 9.91. The molecular formula is C12H14N2O5. The first-order valence-electron chi connectivity index (χ1n) is 5.35. The number of phenolic OH excluding ortho intramolecular Hbond substituents is 2. The summed E-state index contributed by atoms with van der Waals surface area (Å²) in [5.41, 5.74) is 5.67. The third-order valence-corrected chi connectivity index (χ3v) is 2.21. The van der Waals surface area contributed by atoms with Crippen LogP contribution in [0.4, 0.5) is 0 Å². The van der Waals surface area contributed by atoms with E-state index in [9.17, 15) is 14.7 Å². The van der Waals surface area contributed by atoms with Gasteiger partial charge in [-0.3, -0.25) is 14.9 Å². The van der Waals surface area contributed by atoms with Crippen LogP contribution in [0.1, 0.15) is 5.56 Å². The van der Waals surface area contributed by atoms with Crippen molar-refractivity contribution in [1.82, 2.24) is 5.32 Å². The highest BCUT2D eigenvalue weighted by Gasteiger charge is 2.13. The number of imide groups is 1. The number of rotatable bonds is 4. The number of aliphatic hydroxyl groups is 1. The Balaban J connectivity index is 2.63. The molecule has 102 valence electrons. The predicted octanol–water partition coefficient (Wildman–Crippen LogP) is -0.927. The van der Waals surface area contributed by atoms with Gasteiger partial charge in [0.25, 0.3) is 5.91 Å². The summed E-state index contributed by atoms with van der Waals surface area (Å²) in [6, 6.07) is 2.83. The zero-order chi connectivity index (χ0) is 14.4. The van der Waals surface area contributed by atoms with E-state index in [0.29, 0.717) is 5.56 Å². The van der Waals surface area contributed by atoms with Crippen LogP contribution < -0.4 is 11.1 Å². The molecule has 1 rings (SSSR count). The molecule has 0 saturated carbocycles. The molecule has 19 heavy (non-hydrogen) atoms. The fraction of sp³-hybridized carbons (Fsp3) is 0.167. The monoisotopic (exact) mass is 266 g/mol. The highest BCUT2D eigenvalue weighted by Crippen LogP contribution is 2.25. The molecule has 0 aromatic heterocycles. The van der Waals surface area contributed by atoms with Gasteiger partial charge in [-0.1, -0.05) is 6.07 Å². The molecule has 1 aromatic carbocycles. The van der Waals surface area contributed by atoms with Crippen LogP contribution in [0.25, 0.3) is 6.08 Å². The van der Waals surface area contributed by atoms with Crippen LogP contribution in [0.3, 0.4) is 0 Å². The van der Waals surface area contributed by atoms with Crippen LogP contribution in [0.15, 0.2) is 24.3 Å². The number of aliphatic hydroxyl groups excluding tert-OH is 1. The Morgan fingerprint density at radius 1 is 1.32 bits per heavy atom. The fourth-order valence-electron chi connectivity index (χ4n) is 1.15. The number of hydrogen-bond donors (Lipinski definition) is 5. The van der Waals surface area contributed by atoms with Crippen LogP contribution in [-0.4, -0.2) is 39.8 Å². The van der Waals surface area contributed by atoms with Gasteiger partial charge in [-0.25, -0.2) is 0 Å². The maximum Gasteiger partial charge on any atom is 0.250 e. The van der Waals surface area contributed by atoms with Gasteiger partial charge < -0.3 is 21.1 Å². The Bertz CT molecular complexity index is 513. The first-order valence-corrected chi connectivity index (χ1v) is 5.35. The first kappa shape index (κ1) is 14.7. The zero-order valence-electron chi connectivity index (χ0n) is 9.91. The van der Waals surface area contributed by atoms with Crippen molar-refractivity contribution in [1.29, 1.82) is 0 Å². The van der Waals surface area contributed by atoms with Crippen molar-refractivity contribution >= 4 is 17.9 Å². The number of nitrogens with one attached hydrogen (secondary N) is 1. The molecule has 0 aliphatic rings. The van der Waals surface area contributed by atoms with Crippen LogP contribution >= 0.6 is 0 Å². The summed E-state index contributed by atoms with van der Waals surface area (Å²) in [6.45, 7) is -0.561. The van der Waals surface area contributed by atoms with Gasteiger partial charge in [-0.05, 0) is 23.8 Å². The second-order valence-corrected chi connectivity index (χ2v) is 3.72. The van der Waals surface area contributed by atoms with Gasteiger partial charge >= 0.3 is 0 Å². The number of amides is 2. The second kappa shape index (κ2) is 6.53. The summed E-state index contributed by atoms with van der Waals surface area (Å²) in [6.07, 6.45) is 2.40. The lowest BCUT2D eigenvalue weighted by atomic mass is 10.2. The van der Waals surface area contributed by atoms with E-state index in [1.165, 1.54) is 24.3 Å². The van der Waals surface area contributed by atoms with Crippen LogP contribution in [0.2, 0.25) is 0 Å². The number of carbonyl (C=O) groups excluding carboxylic acids is 2. The molecule has 0 radical (unpaired) electrons. The Labute approximate surface area is 109 Å². The quantitative estimate of drug-likeness (QED) is 0.353. The number of benzene rings is 1. The SMILES string of the molecule is N[C@@H](CO)C(=O)NC(=O)/C=C/c1ccc(O)c(O)c1. The molecule has 7 heteroatoms. The predicted molar refractivity (Wildman–Crippen MR) is 67.0 cm³/mol. The number of carbonyl (C=O) groups is 2. The largest absolute Gasteiger partial charge is 0.504 e. The minimum atomic E-state index is -1.16. The Morgan fingerprint density at radius 2 is 2.00 bits per heavy atom. The average molecular weight is 266 g/mol. The molecule has 0 bridgehead atoms. The fourth-order valence-corrected chi connectivity index (χ4v) is 1.15. The van der Waals surface area contributed by atoms with Crippen molar-refractivity contribution in [3.8, 4) is 11.5 Å². The summed E-state index contributed by atoms with van der Waals surface area (Å²) < 4.78 is 0. The number of hydrogen-bond acceptors (Lipinski definition) is 6. The van der Waals surface area contributed by atoms with E-state index in [1.54, 1.807) is 0 Å². The van der Waals surface area contributed by atoms with E-state index in [-0.39, 0.29) is 11.5 Å². The first-order chi connectivity index (χ1) is 8.93. The lowest BCUT2D eigenvalue weighted by Gasteiger charge is -2.06. The van der Waals surface area contributed by atoms with Gasteiger partial charge in [-0.15, -0.1) is 0 Å². The lowest BCUT2D eigenvalue weighted by molar-refractivity contribution is -0.129. The molecule has 2 amide bonds. The van der Waals surface area contributed by atoms with Gasteiger partial charge in [-0.2, -0.15) is 0 Å². The van der Waals surface area contributed by atoms with E-state index in [2.05, 4.69) is 0 Å². The van der Waals surface area contributed by atoms with Crippen molar-refractivity contribution < 1.29 is 24.9 Å². The third-order valence-electron chi connectivity index (χ3n) is 2.21. The topological polar surface area (TPSA) is 133 Å². The minimum absolute atomic E-state index is 0.273. The number of nitrogens with two attached hydrogens (primary N) is 1. The van der Waals surface area contributed by atoms with Gasteiger partial charge in [0, 0.05) is 6.08 Å². The standard InChI is InChI=1S/C12H14N2O5/c13-8(6-15)12(19)14-11(18)4-2-7-1-3-9(16)10(17)5-7/h1-5,8,15-17H,6,13H2,(H,14,18,19)/b4-2+/t8-/m0/s1. The van der Waals surface area contributed by atoms with E-state index in [1.807, 2.05) is 5.32 Å². The van der Waals surface area contributed by atoms with Crippen molar-refractivity contribution in [3.63, 3.8) is 0 Å². The Morgan fingerprint density at radius 3 is 2.58 bits per heavy atom. The van der Waals surface area contributed by atoms with Crippen molar-refractivity contribution in [3.05, 3.63) is 29.8 Å². The normalized spacial score (nSPS) is 12.3. The van der Waals surface area contributed by atoms with E-state index in [4.69, 9.17) is 15.9 Å². The second-order valence-electron chi connectivity index (χ2n) is 3.72. The number of aromatic hydroxyl groups is 2. The summed E-state index contributed by atoms with van der Waals surface area (Å²) in [4.78, 5) is 22.5. The maximum atomic E-state index is 11.3. The maximum absolute atomic E-state index is 11.3. The molecule has 0 unspecified atom stereocenters. The van der Waals surface area contributed by atoms with E-state index < -0.39 is 24.5 Å². The smallest absolute Gasteiger partial charge is 0.250 e. The van der Waals surface area contributed by atoms with Gasteiger partial charge in [0.15, 0.2) is 11.5 Å². The Kier molecular flexibility index (Phi) is 5.04. The van der Waals surface area contributed by atoms with Gasteiger partial charge in [0.1, 0.15) is 6.04 Å². The molecule has 1 aromatic rings. The molecule has 0 aliphatic carbocycles. The molecule has 7 nitrogen and oxygen atoms in total. The van der Waals surface area contributed by atoms with Crippen LogP contribution in [-0.2, 0) is 9.59 Å². The molecular weight excluding hydrogens is 252 g/mol. The summed E-state index contributed by atoms with van der Waals surface area (Å²) in [5.74, 6) is -2.08. The van der Waals surface area contributed by atoms with Crippen LogP contribution in [0, 0.1) is 0 Å². The number of phenols is 2. The summed E-state index contributed by atoms with van der Waals surface area (Å²) >= 11 is 0. The molecule has 0 fully saturated rings. The molecule has 0 saturated heterocycles. The molecule has 0 spiro atoms.